The summed E-state index contributed by atoms with van der Waals surface area (Å²) in [5.41, 5.74) is 9.33. The van der Waals surface area contributed by atoms with Crippen LogP contribution < -0.4 is 5.73 Å². The fraction of sp³-hybridized carbons (Fsp3) is 0.385. The quantitative estimate of drug-likeness (QED) is 0.506. The monoisotopic (exact) mass is 245 g/mol. The van der Waals surface area contributed by atoms with Gasteiger partial charge in [0.05, 0.1) is 5.57 Å². The normalized spacial score (nSPS) is 15.7. The number of thiocarbonyl (C=S) groups is 1. The minimum Gasteiger partial charge on any atom is -0.389 e. The van der Waals surface area contributed by atoms with Crippen molar-refractivity contribution in [2.45, 2.75) is 32.7 Å². The highest BCUT2D eigenvalue weighted by Gasteiger charge is 2.26. The Balaban J connectivity index is 2.44. The minimum atomic E-state index is 0.156. The molecule has 88 valence electrons. The summed E-state index contributed by atoms with van der Waals surface area (Å²) in [6, 6.07) is 4.77. The summed E-state index contributed by atoms with van der Waals surface area (Å²) in [5.74, 6) is 0. The van der Waals surface area contributed by atoms with Crippen molar-refractivity contribution in [3.05, 3.63) is 28.6 Å². The first-order chi connectivity index (χ1) is 8.04. The summed E-state index contributed by atoms with van der Waals surface area (Å²) >= 11 is 4.84. The van der Waals surface area contributed by atoms with Gasteiger partial charge in [0.15, 0.2) is 0 Å². The van der Waals surface area contributed by atoms with Crippen LogP contribution in [0.2, 0.25) is 0 Å². The van der Waals surface area contributed by atoms with Gasteiger partial charge >= 0.3 is 0 Å². The van der Waals surface area contributed by atoms with E-state index in [0.717, 1.165) is 5.56 Å². The van der Waals surface area contributed by atoms with Gasteiger partial charge in [-0.3, -0.25) is 0 Å². The summed E-state index contributed by atoms with van der Waals surface area (Å²) < 4.78 is 2.33. The molecule has 0 radical (unpaired) electrons. The van der Waals surface area contributed by atoms with Crippen molar-refractivity contribution in [2.24, 2.45) is 5.73 Å². The Morgan fingerprint density at radius 1 is 1.59 bits per heavy atom. The van der Waals surface area contributed by atoms with E-state index < -0.39 is 0 Å². The van der Waals surface area contributed by atoms with Crippen molar-refractivity contribution in [2.75, 3.05) is 0 Å². The summed E-state index contributed by atoms with van der Waals surface area (Å²) in [4.78, 5) is 0.156. The number of hydrogen-bond acceptors (Lipinski definition) is 2. The first-order valence-corrected chi connectivity index (χ1v) is 6.05. The van der Waals surface area contributed by atoms with E-state index in [-0.39, 0.29) is 4.99 Å². The van der Waals surface area contributed by atoms with Crippen molar-refractivity contribution < 1.29 is 0 Å². The second kappa shape index (κ2) is 4.34. The molecule has 0 aromatic carbocycles. The first-order valence-electron chi connectivity index (χ1n) is 5.64. The van der Waals surface area contributed by atoms with Gasteiger partial charge < -0.3 is 10.3 Å². The van der Waals surface area contributed by atoms with E-state index >= 15 is 0 Å². The molecule has 1 aliphatic rings. The highest BCUT2D eigenvalue weighted by atomic mass is 32.1. The molecule has 1 aromatic rings. The van der Waals surface area contributed by atoms with Gasteiger partial charge in [0.25, 0.3) is 0 Å². The van der Waals surface area contributed by atoms with Crippen molar-refractivity contribution >= 4 is 23.3 Å². The molecular weight excluding hydrogens is 230 g/mol. The molecule has 0 bridgehead atoms. The molecule has 0 atom stereocenters. The topological polar surface area (TPSA) is 54.7 Å². The summed E-state index contributed by atoms with van der Waals surface area (Å²) in [6.07, 6.45) is 4.28. The van der Waals surface area contributed by atoms with E-state index in [0.29, 0.717) is 11.6 Å². The van der Waals surface area contributed by atoms with Crippen LogP contribution in [-0.2, 0) is 0 Å². The lowest BCUT2D eigenvalue weighted by atomic mass is 10.1. The molecule has 2 rings (SSSR count). The van der Waals surface area contributed by atoms with E-state index in [2.05, 4.69) is 24.5 Å². The van der Waals surface area contributed by atoms with Crippen molar-refractivity contribution in [3.8, 4) is 6.07 Å². The zero-order chi connectivity index (χ0) is 12.6. The molecule has 1 saturated carbocycles. The molecule has 1 aromatic heterocycles. The van der Waals surface area contributed by atoms with E-state index in [9.17, 15) is 0 Å². The lowest BCUT2D eigenvalue weighted by Gasteiger charge is -2.06. The van der Waals surface area contributed by atoms with Gasteiger partial charge in [0, 0.05) is 17.4 Å². The van der Waals surface area contributed by atoms with Crippen LogP contribution in [0.3, 0.4) is 0 Å². The number of nitrogens with two attached hydrogens (primary N) is 1. The van der Waals surface area contributed by atoms with Crippen LogP contribution >= 0.6 is 12.2 Å². The molecule has 17 heavy (non-hydrogen) atoms. The first kappa shape index (κ1) is 11.9. The van der Waals surface area contributed by atoms with Gasteiger partial charge in [-0.25, -0.2) is 0 Å². The van der Waals surface area contributed by atoms with Gasteiger partial charge in [-0.1, -0.05) is 12.2 Å². The molecule has 0 unspecified atom stereocenters. The van der Waals surface area contributed by atoms with Crippen molar-refractivity contribution in [3.63, 3.8) is 0 Å². The van der Waals surface area contributed by atoms with Crippen LogP contribution in [0.25, 0.3) is 6.08 Å². The largest absolute Gasteiger partial charge is 0.389 e. The van der Waals surface area contributed by atoms with Crippen LogP contribution in [0, 0.1) is 25.2 Å². The lowest BCUT2D eigenvalue weighted by Crippen LogP contribution is -2.09. The maximum Gasteiger partial charge on any atom is 0.114 e. The van der Waals surface area contributed by atoms with Crippen LogP contribution in [0.4, 0.5) is 0 Å². The Morgan fingerprint density at radius 3 is 2.71 bits per heavy atom. The number of aryl methyl sites for hydroxylation is 1. The van der Waals surface area contributed by atoms with Crippen molar-refractivity contribution in [1.82, 2.24) is 4.57 Å². The predicted octanol–water partition coefficient (Wildman–Crippen LogP) is 2.63. The molecule has 3 nitrogen and oxygen atoms in total. The maximum atomic E-state index is 8.95. The third kappa shape index (κ3) is 2.25. The number of hydrogen-bond donors (Lipinski definition) is 1. The number of aromatic nitrogens is 1. The Bertz CT molecular complexity index is 542. The lowest BCUT2D eigenvalue weighted by molar-refractivity contribution is 0.699. The zero-order valence-corrected chi connectivity index (χ0v) is 10.8. The molecule has 1 fully saturated rings. The third-order valence-electron chi connectivity index (χ3n) is 3.12. The van der Waals surface area contributed by atoms with E-state index in [4.69, 9.17) is 23.2 Å². The third-order valence-corrected chi connectivity index (χ3v) is 3.34. The molecule has 0 spiro atoms. The Hall–Kier alpha value is -1.60. The second-order valence-corrected chi connectivity index (χ2v) is 4.90. The van der Waals surface area contributed by atoms with Crippen LogP contribution in [0.5, 0.6) is 0 Å². The second-order valence-electron chi connectivity index (χ2n) is 4.46. The molecule has 0 aliphatic heterocycles. The summed E-state index contributed by atoms with van der Waals surface area (Å²) in [5, 5.41) is 8.95. The standard InChI is InChI=1S/C13H15N3S/c1-8-5-10(6-11(7-14)13(15)17)9(2)16(8)12-3-4-12/h5-6,12H,3-4H2,1-2H3,(H2,15,17). The summed E-state index contributed by atoms with van der Waals surface area (Å²) in [6.45, 7) is 4.17. The molecular formula is C13H15N3S. The molecule has 1 aliphatic carbocycles. The Labute approximate surface area is 107 Å². The van der Waals surface area contributed by atoms with Gasteiger partial charge in [0.1, 0.15) is 11.1 Å². The zero-order valence-electron chi connectivity index (χ0n) is 10.0. The predicted molar refractivity (Wildman–Crippen MR) is 72.6 cm³/mol. The van der Waals surface area contributed by atoms with Crippen LogP contribution in [0.1, 0.15) is 35.8 Å². The van der Waals surface area contributed by atoms with E-state index in [1.54, 1.807) is 6.08 Å². The maximum absolute atomic E-state index is 8.95. The fourth-order valence-electron chi connectivity index (χ4n) is 2.16. The average Bonchev–Trinajstić information content (AvgIpc) is 3.04. The van der Waals surface area contributed by atoms with Crippen LogP contribution in [0.15, 0.2) is 11.6 Å². The smallest absolute Gasteiger partial charge is 0.114 e. The Morgan fingerprint density at radius 2 is 2.24 bits per heavy atom. The molecule has 0 saturated heterocycles. The molecule has 4 heteroatoms. The highest BCUT2D eigenvalue weighted by molar-refractivity contribution is 7.80. The minimum absolute atomic E-state index is 0.156. The van der Waals surface area contributed by atoms with Gasteiger partial charge in [0.2, 0.25) is 0 Å². The number of rotatable bonds is 3. The average molecular weight is 245 g/mol. The van der Waals surface area contributed by atoms with Crippen LogP contribution in [-0.4, -0.2) is 9.56 Å². The number of nitrogens with zero attached hydrogens (tertiary/aromatic N) is 2. The molecule has 1 heterocycles. The van der Waals surface area contributed by atoms with Gasteiger partial charge in [-0.05, 0) is 44.4 Å². The van der Waals surface area contributed by atoms with E-state index in [1.165, 1.54) is 24.2 Å². The number of nitriles is 1. The summed E-state index contributed by atoms with van der Waals surface area (Å²) in [7, 11) is 0. The van der Waals surface area contributed by atoms with Gasteiger partial charge in [-0.15, -0.1) is 0 Å². The fourth-order valence-corrected chi connectivity index (χ4v) is 2.26. The highest BCUT2D eigenvalue weighted by Crippen LogP contribution is 2.38. The Kier molecular flexibility index (Phi) is 3.03. The van der Waals surface area contributed by atoms with Crippen molar-refractivity contribution in [1.29, 1.82) is 5.26 Å². The molecule has 0 amide bonds. The van der Waals surface area contributed by atoms with Gasteiger partial charge in [-0.2, -0.15) is 5.26 Å². The van der Waals surface area contributed by atoms with E-state index in [1.807, 2.05) is 6.07 Å². The molecule has 2 N–H and O–H groups in total. The SMILES string of the molecule is Cc1cc(C=C(C#N)C(N)=S)c(C)n1C1CC1.